The molecule has 42 heavy (non-hydrogen) atoms. The van der Waals surface area contributed by atoms with Crippen LogP contribution in [0.15, 0.2) is 66.9 Å². The quantitative estimate of drug-likeness (QED) is 0.200. The van der Waals surface area contributed by atoms with E-state index in [4.69, 9.17) is 20.2 Å². The summed E-state index contributed by atoms with van der Waals surface area (Å²) < 4.78 is 17.7. The number of aromatic nitrogens is 3. The molecule has 3 N–H and O–H groups in total. The number of hydrogen-bond donors (Lipinski definition) is 2. The minimum Gasteiger partial charge on any atom is -0.483 e. The zero-order valence-electron chi connectivity index (χ0n) is 23.9. The largest absolute Gasteiger partial charge is 0.483 e. The smallest absolute Gasteiger partial charge is 0.408 e. The fourth-order valence-electron chi connectivity index (χ4n) is 4.42. The maximum Gasteiger partial charge on any atom is 0.408 e. The van der Waals surface area contributed by atoms with Crippen molar-refractivity contribution in [2.75, 3.05) is 25.2 Å². The second kappa shape index (κ2) is 13.6. The number of nitrogens with zero attached hydrogens (tertiary/aromatic N) is 4. The van der Waals surface area contributed by atoms with Crippen molar-refractivity contribution in [3.8, 4) is 5.75 Å². The van der Waals surface area contributed by atoms with Gasteiger partial charge in [-0.2, -0.15) is 0 Å². The molecule has 4 aromatic rings. The molecule has 12 heteroatoms. The number of methoxy groups -OCH3 is 1. The average molecular weight is 575 g/mol. The van der Waals surface area contributed by atoms with Crippen molar-refractivity contribution in [3.63, 3.8) is 0 Å². The Bertz CT molecular complexity index is 1540. The van der Waals surface area contributed by atoms with Gasteiger partial charge in [0.25, 0.3) is 5.91 Å². The highest BCUT2D eigenvalue weighted by Crippen LogP contribution is 2.26. The molecule has 0 fully saturated rings. The Morgan fingerprint density at radius 3 is 2.52 bits per heavy atom. The Labute approximate surface area is 243 Å². The minimum atomic E-state index is -0.723. The number of ether oxygens (including phenoxy) is 3. The van der Waals surface area contributed by atoms with E-state index in [-0.39, 0.29) is 31.4 Å². The van der Waals surface area contributed by atoms with Gasteiger partial charge >= 0.3 is 12.1 Å². The molecule has 2 atom stereocenters. The summed E-state index contributed by atoms with van der Waals surface area (Å²) in [5.41, 5.74) is 8.52. The zero-order valence-corrected chi connectivity index (χ0v) is 23.9. The summed E-state index contributed by atoms with van der Waals surface area (Å²) in [5, 5.41) is 2.51. The van der Waals surface area contributed by atoms with Gasteiger partial charge in [0.2, 0.25) is 0 Å². The molecule has 12 nitrogen and oxygen atoms in total. The van der Waals surface area contributed by atoms with E-state index in [0.717, 1.165) is 5.52 Å². The molecule has 2 heterocycles. The highest BCUT2D eigenvalue weighted by Gasteiger charge is 2.23. The number of hydrogen-bond acceptors (Lipinski definition) is 9. The number of anilines is 1. The summed E-state index contributed by atoms with van der Waals surface area (Å²) in [6.07, 6.45) is -0.139. The van der Waals surface area contributed by atoms with E-state index in [2.05, 4.69) is 15.0 Å². The SMILES string of the molecule is CCOC(=O)CCN(C(=O)c1ccc2c(c1)nc(C(C)Oc1ccc(C(N)NC(=O)OC)cc1)n2C)c1ccccn1. The van der Waals surface area contributed by atoms with Crippen LogP contribution in [-0.2, 0) is 21.3 Å². The third-order valence-corrected chi connectivity index (χ3v) is 6.55. The van der Waals surface area contributed by atoms with Gasteiger partial charge in [0.1, 0.15) is 17.7 Å². The number of carbonyl (C=O) groups is 3. The van der Waals surface area contributed by atoms with Crippen LogP contribution in [0, 0.1) is 0 Å². The molecule has 0 saturated carbocycles. The maximum atomic E-state index is 13.6. The van der Waals surface area contributed by atoms with Crippen LogP contribution in [0.2, 0.25) is 0 Å². The molecule has 0 radical (unpaired) electrons. The van der Waals surface area contributed by atoms with Crippen molar-refractivity contribution >= 4 is 34.8 Å². The van der Waals surface area contributed by atoms with Gasteiger partial charge in [-0.25, -0.2) is 14.8 Å². The van der Waals surface area contributed by atoms with Crippen LogP contribution in [0.5, 0.6) is 5.75 Å². The Morgan fingerprint density at radius 2 is 1.86 bits per heavy atom. The van der Waals surface area contributed by atoms with Gasteiger partial charge in [0.15, 0.2) is 11.9 Å². The molecule has 0 bridgehead atoms. The number of rotatable bonds is 11. The number of benzene rings is 2. The van der Waals surface area contributed by atoms with Gasteiger partial charge in [0, 0.05) is 25.4 Å². The first-order valence-corrected chi connectivity index (χ1v) is 13.4. The highest BCUT2D eigenvalue weighted by atomic mass is 16.5. The molecule has 2 amide bonds. The Hall–Kier alpha value is -4.97. The second-order valence-electron chi connectivity index (χ2n) is 9.37. The third kappa shape index (κ3) is 7.02. The molecule has 0 aliphatic carbocycles. The van der Waals surface area contributed by atoms with E-state index in [9.17, 15) is 14.4 Å². The zero-order chi connectivity index (χ0) is 30.2. The lowest BCUT2D eigenvalue weighted by Crippen LogP contribution is -2.34. The molecule has 0 spiro atoms. The first-order valence-electron chi connectivity index (χ1n) is 13.4. The van der Waals surface area contributed by atoms with E-state index in [0.29, 0.717) is 34.0 Å². The monoisotopic (exact) mass is 574 g/mol. The molecular weight excluding hydrogens is 540 g/mol. The van der Waals surface area contributed by atoms with Crippen LogP contribution in [0.3, 0.4) is 0 Å². The molecule has 0 aliphatic rings. The maximum absolute atomic E-state index is 13.6. The normalized spacial score (nSPS) is 12.3. The lowest BCUT2D eigenvalue weighted by atomic mass is 10.1. The number of fused-ring (bicyclic) bond motifs is 1. The number of aryl methyl sites for hydroxylation is 1. The number of alkyl carbamates (subject to hydrolysis) is 1. The number of imidazole rings is 1. The molecule has 0 aliphatic heterocycles. The lowest BCUT2D eigenvalue weighted by Gasteiger charge is -2.21. The van der Waals surface area contributed by atoms with E-state index in [1.165, 1.54) is 12.0 Å². The van der Waals surface area contributed by atoms with Crippen LogP contribution in [0.1, 0.15) is 54.3 Å². The van der Waals surface area contributed by atoms with Gasteiger partial charge < -0.3 is 29.8 Å². The molecule has 2 aromatic heterocycles. The van der Waals surface area contributed by atoms with Gasteiger partial charge in [-0.05, 0) is 61.9 Å². The van der Waals surface area contributed by atoms with Gasteiger partial charge in [-0.1, -0.05) is 18.2 Å². The fourth-order valence-corrected chi connectivity index (χ4v) is 4.42. The molecule has 2 unspecified atom stereocenters. The van der Waals surface area contributed by atoms with Gasteiger partial charge in [-0.15, -0.1) is 0 Å². The average Bonchev–Trinajstić information content (AvgIpc) is 3.33. The first kappa shape index (κ1) is 30.0. The summed E-state index contributed by atoms with van der Waals surface area (Å²) >= 11 is 0. The third-order valence-electron chi connectivity index (χ3n) is 6.55. The number of nitrogens with two attached hydrogens (primary N) is 1. The van der Waals surface area contributed by atoms with Crippen molar-refractivity contribution in [2.24, 2.45) is 12.8 Å². The topological polar surface area (TPSA) is 151 Å². The predicted octanol–water partition coefficient (Wildman–Crippen LogP) is 4.02. The fraction of sp³-hybridized carbons (Fsp3) is 0.300. The molecule has 2 aromatic carbocycles. The molecular formula is C30H34N6O6. The molecule has 220 valence electrons. The Kier molecular flexibility index (Phi) is 9.71. The summed E-state index contributed by atoms with van der Waals surface area (Å²) in [6.45, 7) is 4.00. The molecule has 0 saturated heterocycles. The summed E-state index contributed by atoms with van der Waals surface area (Å²) in [7, 11) is 3.15. The van der Waals surface area contributed by atoms with Crippen molar-refractivity contribution in [3.05, 3.63) is 83.8 Å². The van der Waals surface area contributed by atoms with Gasteiger partial charge in [-0.3, -0.25) is 14.5 Å². The van der Waals surface area contributed by atoms with Crippen molar-refractivity contribution in [1.29, 1.82) is 0 Å². The number of amides is 2. The van der Waals surface area contributed by atoms with E-state index < -0.39 is 18.4 Å². The highest BCUT2D eigenvalue weighted by molar-refractivity contribution is 6.07. The number of nitrogens with one attached hydrogen (secondary N) is 1. The predicted molar refractivity (Wildman–Crippen MR) is 156 cm³/mol. The standard InChI is InChI=1S/C30H34N6O6/c1-5-41-26(37)15-17-36(25-8-6-7-16-32-25)29(38)21-11-14-24-23(18-21)33-28(35(24)3)19(2)42-22-12-9-20(10-13-22)27(31)34-30(39)40-4/h6-14,16,18-19,27H,5,15,17,31H2,1-4H3,(H,34,39). The lowest BCUT2D eigenvalue weighted by molar-refractivity contribution is -0.142. The van der Waals surface area contributed by atoms with E-state index in [1.54, 1.807) is 67.7 Å². The Balaban J connectivity index is 1.52. The summed E-state index contributed by atoms with van der Waals surface area (Å²) in [4.78, 5) is 47.6. The number of pyridine rings is 1. The number of carbonyl (C=O) groups excluding carboxylic acids is 3. The van der Waals surface area contributed by atoms with Crippen molar-refractivity contribution in [1.82, 2.24) is 19.9 Å². The summed E-state index contributed by atoms with van der Waals surface area (Å²) in [5.74, 6) is 0.985. The van der Waals surface area contributed by atoms with E-state index >= 15 is 0 Å². The number of esters is 1. The Morgan fingerprint density at radius 1 is 1.10 bits per heavy atom. The van der Waals surface area contributed by atoms with Crippen molar-refractivity contribution in [2.45, 2.75) is 32.5 Å². The minimum absolute atomic E-state index is 0.0374. The molecule has 4 rings (SSSR count). The first-order chi connectivity index (χ1) is 20.2. The van der Waals surface area contributed by atoms with Crippen LogP contribution >= 0.6 is 0 Å². The van der Waals surface area contributed by atoms with Crippen LogP contribution < -0.4 is 20.7 Å². The van der Waals surface area contributed by atoms with E-state index in [1.807, 2.05) is 24.6 Å². The second-order valence-corrected chi connectivity index (χ2v) is 9.37. The van der Waals surface area contributed by atoms with Crippen molar-refractivity contribution < 1.29 is 28.6 Å². The van der Waals surface area contributed by atoms with Crippen LogP contribution in [0.4, 0.5) is 10.6 Å². The summed E-state index contributed by atoms with van der Waals surface area (Å²) in [6, 6.07) is 17.6. The van der Waals surface area contributed by atoms with Crippen LogP contribution in [-0.4, -0.2) is 52.8 Å². The van der Waals surface area contributed by atoms with Gasteiger partial charge in [0.05, 0.1) is 31.2 Å². The van der Waals surface area contributed by atoms with Crippen LogP contribution in [0.25, 0.3) is 11.0 Å².